The van der Waals surface area contributed by atoms with Crippen LogP contribution in [0.5, 0.6) is 5.75 Å². The number of benzene rings is 3. The Morgan fingerprint density at radius 1 is 0.943 bits per heavy atom. The van der Waals surface area contributed by atoms with Crippen LogP contribution in [0.1, 0.15) is 34.7 Å². The van der Waals surface area contributed by atoms with Gasteiger partial charge in [0.2, 0.25) is 5.91 Å². The Kier molecular flexibility index (Phi) is 9.49. The van der Waals surface area contributed by atoms with Crippen molar-refractivity contribution >= 4 is 27.7 Å². The van der Waals surface area contributed by atoms with Gasteiger partial charge in [-0.1, -0.05) is 76.1 Å². The minimum atomic E-state index is -0.664. The van der Waals surface area contributed by atoms with E-state index < -0.39 is 6.04 Å². The topological polar surface area (TPSA) is 58.6 Å². The van der Waals surface area contributed by atoms with E-state index in [2.05, 4.69) is 21.2 Å². The molecule has 0 heterocycles. The van der Waals surface area contributed by atoms with Gasteiger partial charge in [-0.05, 0) is 62.1 Å². The molecule has 3 rings (SSSR count). The first kappa shape index (κ1) is 26.5. The van der Waals surface area contributed by atoms with E-state index in [1.165, 1.54) is 0 Å². The number of ether oxygens (including phenoxy) is 1. The van der Waals surface area contributed by atoms with Crippen molar-refractivity contribution in [1.29, 1.82) is 0 Å². The monoisotopic (exact) mass is 536 g/mol. The normalized spacial score (nSPS) is 11.6. The predicted octanol–water partition coefficient (Wildman–Crippen LogP) is 5.53. The van der Waals surface area contributed by atoms with E-state index >= 15 is 0 Å². The summed E-state index contributed by atoms with van der Waals surface area (Å²) in [7, 11) is 0. The van der Waals surface area contributed by atoms with E-state index in [1.54, 1.807) is 4.90 Å². The SMILES string of the molecule is CCNC(=O)C(Cc1ccccc1)N(Cc1cccc(C)c1)C(=O)COc1cc(C)c(Br)c(C)c1. The summed E-state index contributed by atoms with van der Waals surface area (Å²) in [6.45, 7) is 8.52. The summed E-state index contributed by atoms with van der Waals surface area (Å²) < 4.78 is 6.95. The molecule has 0 fully saturated rings. The van der Waals surface area contributed by atoms with Crippen molar-refractivity contribution in [3.63, 3.8) is 0 Å². The number of rotatable bonds is 10. The lowest BCUT2D eigenvalue weighted by atomic mass is 10.0. The van der Waals surface area contributed by atoms with Crippen molar-refractivity contribution in [3.8, 4) is 5.75 Å². The Hall–Kier alpha value is -3.12. The summed E-state index contributed by atoms with van der Waals surface area (Å²) >= 11 is 3.57. The zero-order valence-electron chi connectivity index (χ0n) is 20.8. The van der Waals surface area contributed by atoms with Gasteiger partial charge in [0.05, 0.1) is 0 Å². The summed E-state index contributed by atoms with van der Waals surface area (Å²) in [5, 5.41) is 2.91. The lowest BCUT2D eigenvalue weighted by Gasteiger charge is -2.31. The average molecular weight is 537 g/mol. The van der Waals surface area contributed by atoms with Gasteiger partial charge in [-0.2, -0.15) is 0 Å². The molecular weight excluding hydrogens is 504 g/mol. The lowest BCUT2D eigenvalue weighted by molar-refractivity contribution is -0.142. The fraction of sp³-hybridized carbons (Fsp3) is 0.310. The highest BCUT2D eigenvalue weighted by molar-refractivity contribution is 9.10. The molecule has 0 aliphatic carbocycles. The summed E-state index contributed by atoms with van der Waals surface area (Å²) in [5.41, 5.74) is 5.13. The van der Waals surface area contributed by atoms with Crippen molar-refractivity contribution < 1.29 is 14.3 Å². The molecule has 184 valence electrons. The fourth-order valence-electron chi connectivity index (χ4n) is 4.07. The van der Waals surface area contributed by atoms with Gasteiger partial charge >= 0.3 is 0 Å². The van der Waals surface area contributed by atoms with Crippen molar-refractivity contribution in [2.45, 2.75) is 46.7 Å². The first-order valence-corrected chi connectivity index (χ1v) is 12.6. The molecule has 0 aliphatic heterocycles. The Bertz CT molecular complexity index is 1140. The molecule has 1 N–H and O–H groups in total. The van der Waals surface area contributed by atoms with E-state index in [0.29, 0.717) is 25.3 Å². The number of carbonyl (C=O) groups excluding carboxylic acids is 2. The molecule has 3 aromatic carbocycles. The molecule has 5 nitrogen and oxygen atoms in total. The van der Waals surface area contributed by atoms with Gasteiger partial charge in [0, 0.05) is 24.0 Å². The Morgan fingerprint density at radius 2 is 1.60 bits per heavy atom. The molecule has 1 unspecified atom stereocenters. The Morgan fingerprint density at radius 3 is 2.23 bits per heavy atom. The number of aryl methyl sites for hydroxylation is 3. The zero-order chi connectivity index (χ0) is 25.4. The van der Waals surface area contributed by atoms with Gasteiger partial charge in [-0.15, -0.1) is 0 Å². The maximum absolute atomic E-state index is 13.6. The molecule has 1 atom stereocenters. The third-order valence-electron chi connectivity index (χ3n) is 5.83. The molecule has 0 bridgehead atoms. The largest absolute Gasteiger partial charge is 0.484 e. The number of hydrogen-bond donors (Lipinski definition) is 1. The highest BCUT2D eigenvalue weighted by Crippen LogP contribution is 2.26. The smallest absolute Gasteiger partial charge is 0.261 e. The summed E-state index contributed by atoms with van der Waals surface area (Å²) in [4.78, 5) is 28.4. The van der Waals surface area contributed by atoms with Crippen LogP contribution in [-0.2, 0) is 22.6 Å². The molecule has 0 saturated carbocycles. The molecule has 0 saturated heterocycles. The molecule has 2 amide bonds. The van der Waals surface area contributed by atoms with Crippen LogP contribution in [0.4, 0.5) is 0 Å². The van der Waals surface area contributed by atoms with Gasteiger partial charge in [0.1, 0.15) is 11.8 Å². The number of amides is 2. The van der Waals surface area contributed by atoms with Gasteiger partial charge in [-0.25, -0.2) is 0 Å². The number of nitrogens with zero attached hydrogens (tertiary/aromatic N) is 1. The van der Waals surface area contributed by atoms with Crippen LogP contribution in [0.25, 0.3) is 0 Å². The molecule has 35 heavy (non-hydrogen) atoms. The van der Waals surface area contributed by atoms with Crippen molar-refractivity contribution in [2.75, 3.05) is 13.2 Å². The molecular formula is C29H33BrN2O3. The van der Waals surface area contributed by atoms with E-state index in [4.69, 9.17) is 4.74 Å². The average Bonchev–Trinajstić information content (AvgIpc) is 2.84. The molecule has 0 radical (unpaired) electrons. The third-order valence-corrected chi connectivity index (χ3v) is 7.08. The van der Waals surface area contributed by atoms with Crippen molar-refractivity contribution in [2.24, 2.45) is 0 Å². The minimum absolute atomic E-state index is 0.156. The van der Waals surface area contributed by atoms with Crippen LogP contribution >= 0.6 is 15.9 Å². The second-order valence-corrected chi connectivity index (χ2v) is 9.56. The van der Waals surface area contributed by atoms with E-state index in [-0.39, 0.29) is 18.4 Å². The number of carbonyl (C=O) groups is 2. The maximum atomic E-state index is 13.6. The third kappa shape index (κ3) is 7.43. The molecule has 6 heteroatoms. The summed E-state index contributed by atoms with van der Waals surface area (Å²) in [6.07, 6.45) is 0.417. The van der Waals surface area contributed by atoms with Gasteiger partial charge in [-0.3, -0.25) is 9.59 Å². The zero-order valence-corrected chi connectivity index (χ0v) is 22.4. The second kappa shape index (κ2) is 12.5. The van der Waals surface area contributed by atoms with Gasteiger partial charge in [0.25, 0.3) is 5.91 Å². The minimum Gasteiger partial charge on any atom is -0.484 e. The predicted molar refractivity (Wildman–Crippen MR) is 143 cm³/mol. The van der Waals surface area contributed by atoms with Crippen LogP contribution in [0.15, 0.2) is 71.2 Å². The van der Waals surface area contributed by atoms with E-state index in [1.807, 2.05) is 94.4 Å². The quantitative estimate of drug-likeness (QED) is 0.370. The first-order valence-electron chi connectivity index (χ1n) is 11.8. The van der Waals surface area contributed by atoms with Crippen molar-refractivity contribution in [1.82, 2.24) is 10.2 Å². The number of likely N-dealkylation sites (N-methyl/N-ethyl adjacent to an activating group) is 1. The maximum Gasteiger partial charge on any atom is 0.261 e. The lowest BCUT2D eigenvalue weighted by Crippen LogP contribution is -2.51. The Balaban J connectivity index is 1.90. The Labute approximate surface area is 216 Å². The first-order chi connectivity index (χ1) is 16.8. The standard InChI is InChI=1S/C29H33BrN2O3/c1-5-31-29(34)26(17-23-11-7-6-8-12-23)32(18-24-13-9-10-20(2)14-24)27(33)19-35-25-15-21(3)28(30)22(4)16-25/h6-16,26H,5,17-19H2,1-4H3,(H,31,34). The van der Waals surface area contributed by atoms with E-state index in [0.717, 1.165) is 32.3 Å². The molecule has 3 aromatic rings. The van der Waals surface area contributed by atoms with Gasteiger partial charge < -0.3 is 15.0 Å². The number of halogens is 1. The van der Waals surface area contributed by atoms with Crippen LogP contribution < -0.4 is 10.1 Å². The fourth-order valence-corrected chi connectivity index (χ4v) is 4.30. The van der Waals surface area contributed by atoms with Gasteiger partial charge in [0.15, 0.2) is 6.61 Å². The van der Waals surface area contributed by atoms with Crippen LogP contribution in [-0.4, -0.2) is 35.9 Å². The van der Waals surface area contributed by atoms with Crippen LogP contribution in [0.3, 0.4) is 0 Å². The van der Waals surface area contributed by atoms with Crippen LogP contribution in [0.2, 0.25) is 0 Å². The highest BCUT2D eigenvalue weighted by Gasteiger charge is 2.30. The number of nitrogens with one attached hydrogen (secondary N) is 1. The summed E-state index contributed by atoms with van der Waals surface area (Å²) in [5.74, 6) is 0.217. The second-order valence-electron chi connectivity index (χ2n) is 8.77. The van der Waals surface area contributed by atoms with Crippen LogP contribution in [0, 0.1) is 20.8 Å². The molecule has 0 aromatic heterocycles. The van der Waals surface area contributed by atoms with E-state index in [9.17, 15) is 9.59 Å². The molecule has 0 spiro atoms. The highest BCUT2D eigenvalue weighted by atomic mass is 79.9. The summed E-state index contributed by atoms with van der Waals surface area (Å²) in [6, 6.07) is 20.9. The molecule has 0 aliphatic rings. The van der Waals surface area contributed by atoms with Crippen molar-refractivity contribution in [3.05, 3.63) is 99.0 Å². The number of hydrogen-bond acceptors (Lipinski definition) is 3.